The molecular formula is C18H21N3O3S. The Morgan fingerprint density at radius 1 is 1.48 bits per heavy atom. The van der Waals surface area contributed by atoms with Crippen LogP contribution in [-0.4, -0.2) is 22.4 Å². The van der Waals surface area contributed by atoms with Crippen LogP contribution in [0.25, 0.3) is 0 Å². The lowest BCUT2D eigenvalue weighted by Crippen LogP contribution is -2.45. The van der Waals surface area contributed by atoms with Crippen molar-refractivity contribution in [2.24, 2.45) is 0 Å². The minimum absolute atomic E-state index is 0.0333. The molecule has 6 nitrogen and oxygen atoms in total. The predicted octanol–water partition coefficient (Wildman–Crippen LogP) is 4.44. The summed E-state index contributed by atoms with van der Waals surface area (Å²) in [7, 11) is 0. The smallest absolute Gasteiger partial charge is 0.318 e. The zero-order valence-electron chi connectivity index (χ0n) is 14.3. The number of benzene rings is 1. The minimum atomic E-state index is -0.423. The van der Waals surface area contributed by atoms with Crippen LogP contribution in [0.15, 0.2) is 35.7 Å². The Kier molecular flexibility index (Phi) is 5.03. The average Bonchev–Trinajstić information content (AvgIpc) is 3.09. The number of nitro benzene ring substituents is 1. The first-order valence-electron chi connectivity index (χ1n) is 8.39. The molecule has 1 aliphatic rings. The third-order valence-corrected chi connectivity index (χ3v) is 5.66. The summed E-state index contributed by atoms with van der Waals surface area (Å²) in [4.78, 5) is 26.5. The van der Waals surface area contributed by atoms with E-state index in [1.54, 1.807) is 23.5 Å². The second-order valence-electron chi connectivity index (χ2n) is 6.19. The van der Waals surface area contributed by atoms with Crippen molar-refractivity contribution < 1.29 is 9.72 Å². The van der Waals surface area contributed by atoms with Gasteiger partial charge in [-0.05, 0) is 42.3 Å². The second kappa shape index (κ2) is 7.23. The quantitative estimate of drug-likeness (QED) is 0.648. The third kappa shape index (κ3) is 3.51. The van der Waals surface area contributed by atoms with Crippen LogP contribution < -0.4 is 5.32 Å². The van der Waals surface area contributed by atoms with Crippen molar-refractivity contribution in [1.82, 2.24) is 10.2 Å². The van der Waals surface area contributed by atoms with Gasteiger partial charge in [-0.2, -0.15) is 0 Å². The van der Waals surface area contributed by atoms with E-state index in [4.69, 9.17) is 0 Å². The first kappa shape index (κ1) is 17.4. The monoisotopic (exact) mass is 359 g/mol. The number of amides is 2. The van der Waals surface area contributed by atoms with Crippen molar-refractivity contribution in [2.75, 3.05) is 6.54 Å². The van der Waals surface area contributed by atoms with Gasteiger partial charge in [0.1, 0.15) is 0 Å². The summed E-state index contributed by atoms with van der Waals surface area (Å²) in [5.74, 6) is 0. The number of hydrogen-bond acceptors (Lipinski definition) is 4. The highest BCUT2D eigenvalue weighted by Crippen LogP contribution is 2.35. The van der Waals surface area contributed by atoms with Crippen molar-refractivity contribution in [2.45, 2.75) is 38.8 Å². The number of carbonyl (C=O) groups is 1. The van der Waals surface area contributed by atoms with Crippen LogP contribution in [0.1, 0.15) is 48.4 Å². The van der Waals surface area contributed by atoms with Crippen LogP contribution in [0.4, 0.5) is 10.5 Å². The van der Waals surface area contributed by atoms with Gasteiger partial charge in [0.15, 0.2) is 0 Å². The summed E-state index contributed by atoms with van der Waals surface area (Å²) in [6, 6.07) is 8.18. The molecule has 1 aromatic heterocycles. The Balaban J connectivity index is 1.73. The first-order valence-corrected chi connectivity index (χ1v) is 9.27. The largest absolute Gasteiger partial charge is 0.331 e. The molecule has 1 aromatic carbocycles. The molecule has 25 heavy (non-hydrogen) atoms. The fourth-order valence-corrected chi connectivity index (χ4v) is 4.27. The van der Waals surface area contributed by atoms with E-state index in [1.807, 2.05) is 11.8 Å². The maximum Gasteiger partial charge on any atom is 0.318 e. The Morgan fingerprint density at radius 3 is 3.00 bits per heavy atom. The van der Waals surface area contributed by atoms with Crippen LogP contribution >= 0.6 is 11.3 Å². The molecular weight excluding hydrogens is 338 g/mol. The van der Waals surface area contributed by atoms with Crippen LogP contribution in [0.5, 0.6) is 0 Å². The van der Waals surface area contributed by atoms with Crippen molar-refractivity contribution >= 4 is 23.1 Å². The zero-order valence-corrected chi connectivity index (χ0v) is 15.1. The van der Waals surface area contributed by atoms with Gasteiger partial charge in [0.2, 0.25) is 0 Å². The van der Waals surface area contributed by atoms with E-state index < -0.39 is 4.92 Å². The summed E-state index contributed by atoms with van der Waals surface area (Å²) in [6.45, 7) is 4.62. The van der Waals surface area contributed by atoms with Crippen molar-refractivity contribution in [3.8, 4) is 0 Å². The Bertz CT molecular complexity index is 789. The van der Waals surface area contributed by atoms with Gasteiger partial charge in [-0.25, -0.2) is 4.79 Å². The van der Waals surface area contributed by atoms with Gasteiger partial charge < -0.3 is 10.2 Å². The minimum Gasteiger partial charge on any atom is -0.331 e. The highest BCUT2D eigenvalue weighted by molar-refractivity contribution is 7.10. The number of fused-ring (bicyclic) bond motifs is 1. The number of nitrogens with one attached hydrogen (secondary N) is 1. The highest BCUT2D eigenvalue weighted by Gasteiger charge is 2.31. The molecule has 0 radical (unpaired) electrons. The van der Waals surface area contributed by atoms with Crippen molar-refractivity contribution in [1.29, 1.82) is 0 Å². The predicted molar refractivity (Wildman–Crippen MR) is 97.8 cm³/mol. The number of rotatable bonds is 4. The van der Waals surface area contributed by atoms with Crippen LogP contribution in [0.3, 0.4) is 0 Å². The van der Waals surface area contributed by atoms with Gasteiger partial charge >= 0.3 is 6.03 Å². The van der Waals surface area contributed by atoms with E-state index in [1.165, 1.54) is 22.6 Å². The second-order valence-corrected chi connectivity index (χ2v) is 7.19. The number of non-ortho nitro benzene ring substituents is 1. The summed E-state index contributed by atoms with van der Waals surface area (Å²) < 4.78 is 0. The number of carbonyl (C=O) groups excluding carboxylic acids is 1. The molecule has 2 aromatic rings. The Hall–Kier alpha value is -2.41. The molecule has 7 heteroatoms. The molecule has 0 saturated carbocycles. The van der Waals surface area contributed by atoms with Gasteiger partial charge in [0, 0.05) is 23.6 Å². The molecule has 0 fully saturated rings. The van der Waals surface area contributed by atoms with E-state index in [-0.39, 0.29) is 23.8 Å². The fraction of sp³-hybridized carbons (Fsp3) is 0.389. The molecule has 0 aliphatic carbocycles. The van der Waals surface area contributed by atoms with E-state index in [0.29, 0.717) is 6.54 Å². The lowest BCUT2D eigenvalue weighted by molar-refractivity contribution is -0.384. The van der Waals surface area contributed by atoms with Gasteiger partial charge in [-0.15, -0.1) is 11.3 Å². The molecule has 2 atom stereocenters. The number of nitro groups is 1. The zero-order chi connectivity index (χ0) is 18.0. The number of hydrogen-bond donors (Lipinski definition) is 1. The lowest BCUT2D eigenvalue weighted by Gasteiger charge is -2.36. The SMILES string of the molecule is CCC1c2ccsc2CCN1C(=O)NC(C)c1cccc([N+](=O)[O-])c1. The Labute approximate surface area is 150 Å². The van der Waals surface area contributed by atoms with Crippen LogP contribution in [0, 0.1) is 10.1 Å². The third-order valence-electron chi connectivity index (χ3n) is 4.66. The van der Waals surface area contributed by atoms with Crippen molar-refractivity contribution in [3.63, 3.8) is 0 Å². The Morgan fingerprint density at radius 2 is 2.28 bits per heavy atom. The number of urea groups is 1. The standard InChI is InChI=1S/C18H21N3O3S/c1-3-16-15-8-10-25-17(15)7-9-20(16)18(22)19-12(2)13-5-4-6-14(11-13)21(23)24/h4-6,8,10-12,16H,3,7,9H2,1-2H3,(H,19,22). The fourth-order valence-electron chi connectivity index (χ4n) is 3.34. The molecule has 1 N–H and O–H groups in total. The molecule has 1 aliphatic heterocycles. The maximum atomic E-state index is 12.8. The highest BCUT2D eigenvalue weighted by atomic mass is 32.1. The van der Waals surface area contributed by atoms with E-state index in [2.05, 4.69) is 23.7 Å². The maximum absolute atomic E-state index is 12.8. The van der Waals surface area contributed by atoms with Crippen LogP contribution in [0.2, 0.25) is 0 Å². The van der Waals surface area contributed by atoms with Gasteiger partial charge in [0.05, 0.1) is 17.0 Å². The van der Waals surface area contributed by atoms with Gasteiger partial charge in [0.25, 0.3) is 5.69 Å². The molecule has 3 rings (SSSR count). The molecule has 0 spiro atoms. The first-order chi connectivity index (χ1) is 12.0. The molecule has 2 amide bonds. The summed E-state index contributed by atoms with van der Waals surface area (Å²) in [5.41, 5.74) is 2.01. The molecule has 132 valence electrons. The normalized spacial score (nSPS) is 17.7. The van der Waals surface area contributed by atoms with E-state index in [0.717, 1.165) is 18.4 Å². The van der Waals surface area contributed by atoms with E-state index >= 15 is 0 Å². The van der Waals surface area contributed by atoms with Gasteiger partial charge in [-0.1, -0.05) is 19.1 Å². The molecule has 2 unspecified atom stereocenters. The topological polar surface area (TPSA) is 75.5 Å². The lowest BCUT2D eigenvalue weighted by atomic mass is 9.98. The average molecular weight is 359 g/mol. The molecule has 0 saturated heterocycles. The molecule has 2 heterocycles. The van der Waals surface area contributed by atoms with E-state index in [9.17, 15) is 14.9 Å². The summed E-state index contributed by atoms with van der Waals surface area (Å²) in [6.07, 6.45) is 1.74. The molecule has 0 bridgehead atoms. The van der Waals surface area contributed by atoms with Crippen molar-refractivity contribution in [3.05, 3.63) is 61.8 Å². The van der Waals surface area contributed by atoms with Crippen LogP contribution in [-0.2, 0) is 6.42 Å². The number of nitrogens with zero attached hydrogens (tertiary/aromatic N) is 2. The summed E-state index contributed by atoms with van der Waals surface area (Å²) >= 11 is 1.75. The van der Waals surface area contributed by atoms with Gasteiger partial charge in [-0.3, -0.25) is 10.1 Å². The number of thiophene rings is 1. The summed E-state index contributed by atoms with van der Waals surface area (Å²) in [5, 5.41) is 16.0.